The van der Waals surface area contributed by atoms with E-state index in [9.17, 15) is 4.79 Å². The molecule has 4 rings (SSSR count). The number of aromatic amines is 1. The number of benzene rings is 1. The number of nitrogens with one attached hydrogen (secondary N) is 3. The molecular weight excluding hydrogens is 422 g/mol. The second-order valence-electron chi connectivity index (χ2n) is 7.87. The molecule has 0 unspecified atom stereocenters. The number of thiazole rings is 1. The molecule has 1 aliphatic heterocycles. The lowest BCUT2D eigenvalue weighted by Crippen LogP contribution is -2.44. The van der Waals surface area contributed by atoms with Gasteiger partial charge in [0.05, 0.1) is 21.3 Å². The molecule has 1 aromatic carbocycles. The number of aromatic nitrogens is 2. The van der Waals surface area contributed by atoms with Crippen molar-refractivity contribution in [2.75, 3.05) is 25.5 Å². The highest BCUT2D eigenvalue weighted by atomic mass is 32.1. The summed E-state index contributed by atoms with van der Waals surface area (Å²) in [4.78, 5) is 30.4. The Bertz CT molecular complexity index is 1200. The number of H-pyrrole nitrogens is 1. The molecule has 0 atom stereocenters. The lowest BCUT2D eigenvalue weighted by molar-refractivity contribution is 0.200. The molecular formula is C23H27N7OS. The highest BCUT2D eigenvalue weighted by Gasteiger charge is 2.21. The van der Waals surface area contributed by atoms with Crippen molar-refractivity contribution in [2.45, 2.75) is 26.3 Å². The third kappa shape index (κ3) is 4.57. The van der Waals surface area contributed by atoms with Crippen LogP contribution in [0.5, 0.6) is 0 Å². The summed E-state index contributed by atoms with van der Waals surface area (Å²) < 4.78 is 1.11. The first kappa shape index (κ1) is 21.8. The number of rotatable bonds is 5. The normalized spacial score (nSPS) is 14.6. The van der Waals surface area contributed by atoms with Crippen LogP contribution in [0.1, 0.15) is 31.5 Å². The number of carbonyl (C=O) groups excluding carboxylic acids is 1. The van der Waals surface area contributed by atoms with Gasteiger partial charge in [0.2, 0.25) is 0 Å². The fourth-order valence-electron chi connectivity index (χ4n) is 3.67. The van der Waals surface area contributed by atoms with E-state index in [4.69, 9.17) is 0 Å². The third-order valence-corrected chi connectivity index (χ3v) is 6.07. The second-order valence-corrected chi connectivity index (χ2v) is 8.75. The molecule has 9 heteroatoms. The van der Waals surface area contributed by atoms with Gasteiger partial charge in [0.15, 0.2) is 0 Å². The average Bonchev–Trinajstić information content (AvgIpc) is 3.43. The van der Waals surface area contributed by atoms with Crippen molar-refractivity contribution in [3.05, 3.63) is 47.1 Å². The molecule has 0 bridgehead atoms. The molecule has 3 heterocycles. The molecule has 2 aromatic heterocycles. The van der Waals surface area contributed by atoms with Gasteiger partial charge < -0.3 is 20.5 Å². The molecule has 0 aliphatic carbocycles. The van der Waals surface area contributed by atoms with Crippen molar-refractivity contribution in [1.29, 1.82) is 0 Å². The monoisotopic (exact) mass is 449 g/mol. The Balaban J connectivity index is 1.54. The first-order valence-electron chi connectivity index (χ1n) is 10.5. The van der Waals surface area contributed by atoms with E-state index in [1.165, 1.54) is 0 Å². The van der Waals surface area contributed by atoms with Gasteiger partial charge in [0, 0.05) is 37.6 Å². The Morgan fingerprint density at radius 3 is 2.88 bits per heavy atom. The summed E-state index contributed by atoms with van der Waals surface area (Å²) in [5, 5.41) is 6.34. The summed E-state index contributed by atoms with van der Waals surface area (Å²) in [6.07, 6.45) is 2.84. The van der Waals surface area contributed by atoms with Crippen molar-refractivity contribution in [2.24, 2.45) is 9.98 Å². The lowest BCUT2D eigenvalue weighted by atomic mass is 10.0. The maximum Gasteiger partial charge on any atom is 0.317 e. The van der Waals surface area contributed by atoms with E-state index in [0.717, 1.165) is 39.2 Å². The van der Waals surface area contributed by atoms with Crippen molar-refractivity contribution < 1.29 is 4.79 Å². The smallest absolute Gasteiger partial charge is 0.317 e. The Hall–Kier alpha value is -3.46. The largest absolute Gasteiger partial charge is 0.340 e. The topological polar surface area (TPSA) is 97.8 Å². The number of hydrogen-bond donors (Lipinski definition) is 3. The minimum Gasteiger partial charge on any atom is -0.340 e. The maximum absolute atomic E-state index is 12.2. The molecule has 0 radical (unpaired) electrons. The number of nitrogens with zero attached hydrogens (tertiary/aromatic N) is 4. The second kappa shape index (κ2) is 9.35. The summed E-state index contributed by atoms with van der Waals surface area (Å²) in [5.74, 6) is 1.36. The molecule has 8 nitrogen and oxygen atoms in total. The molecule has 2 amide bonds. The number of hydrogen-bond acceptors (Lipinski definition) is 5. The quantitative estimate of drug-likeness (QED) is 0.391. The molecule has 0 saturated heterocycles. The van der Waals surface area contributed by atoms with Gasteiger partial charge in [-0.15, -0.1) is 11.3 Å². The van der Waals surface area contributed by atoms with Crippen molar-refractivity contribution in [3.8, 4) is 0 Å². The maximum atomic E-state index is 12.2. The lowest BCUT2D eigenvalue weighted by Gasteiger charge is -2.27. The van der Waals surface area contributed by atoms with Gasteiger partial charge in [0.1, 0.15) is 11.7 Å². The van der Waals surface area contributed by atoms with E-state index >= 15 is 0 Å². The number of urea groups is 1. The van der Waals surface area contributed by atoms with Gasteiger partial charge in [-0.3, -0.25) is 4.99 Å². The summed E-state index contributed by atoms with van der Waals surface area (Å²) >= 11 is 1.60. The molecule has 3 N–H and O–H groups in total. The van der Waals surface area contributed by atoms with E-state index < -0.39 is 0 Å². The zero-order valence-electron chi connectivity index (χ0n) is 18.5. The molecule has 0 saturated carbocycles. The van der Waals surface area contributed by atoms with Crippen molar-refractivity contribution in [3.63, 3.8) is 0 Å². The number of amides is 2. The molecule has 0 spiro atoms. The van der Waals surface area contributed by atoms with Crippen molar-refractivity contribution in [1.82, 2.24) is 20.2 Å². The molecule has 3 aromatic rings. The number of anilines is 1. The van der Waals surface area contributed by atoms with E-state index in [2.05, 4.69) is 49.4 Å². The zero-order valence-corrected chi connectivity index (χ0v) is 19.3. The van der Waals surface area contributed by atoms with Crippen LogP contribution in [0.25, 0.3) is 15.8 Å². The highest BCUT2D eigenvalue weighted by Crippen LogP contribution is 2.29. The van der Waals surface area contributed by atoms with Crippen LogP contribution in [0, 0.1) is 0 Å². The van der Waals surface area contributed by atoms with E-state index in [-0.39, 0.29) is 12.1 Å². The Morgan fingerprint density at radius 2 is 2.19 bits per heavy atom. The van der Waals surface area contributed by atoms with Gasteiger partial charge in [-0.05, 0) is 56.8 Å². The number of amidine groups is 1. The Kier molecular flexibility index (Phi) is 6.36. The Morgan fingerprint density at radius 1 is 1.34 bits per heavy atom. The summed E-state index contributed by atoms with van der Waals surface area (Å²) in [6.45, 7) is 8.88. The number of carbonyl (C=O) groups is 1. The van der Waals surface area contributed by atoms with Crippen LogP contribution in [-0.2, 0) is 0 Å². The fourth-order valence-corrected chi connectivity index (χ4v) is 4.39. The summed E-state index contributed by atoms with van der Waals surface area (Å²) in [7, 11) is 1.75. The molecule has 1 aliphatic rings. The number of fused-ring (bicyclic) bond motifs is 1. The van der Waals surface area contributed by atoms with E-state index in [1.54, 1.807) is 18.4 Å². The first-order valence-corrected chi connectivity index (χ1v) is 11.4. The van der Waals surface area contributed by atoms with Gasteiger partial charge >= 0.3 is 6.03 Å². The molecule has 166 valence electrons. The average molecular weight is 450 g/mol. The van der Waals surface area contributed by atoms with Crippen LogP contribution in [-0.4, -0.2) is 59.6 Å². The van der Waals surface area contributed by atoms with Crippen LogP contribution in [0.2, 0.25) is 0 Å². The summed E-state index contributed by atoms with van der Waals surface area (Å²) in [5.41, 5.74) is 6.72. The minimum absolute atomic E-state index is 0.0292. The standard InChI is InChI=1S/C23H27N7OS/c1-14(2)27-23(31)30-9-7-15(8-10-30)19-12-17(22(25-4)29-19)21(24-3)28-16-5-6-18-20(11-16)32-13-26-18/h5-7,11-14,29H,4,8-10H2,1-3H3,(H,24,28)(H,27,31). The number of aliphatic imine (C=N–C) groups is 2. The predicted molar refractivity (Wildman–Crippen MR) is 134 cm³/mol. The SMILES string of the molecule is C=Nc1[nH]c(C2=CCN(C(=O)NC(C)C)CC2)cc1C(=NC)Nc1ccc2ncsc2c1. The van der Waals surface area contributed by atoms with Crippen LogP contribution in [0.3, 0.4) is 0 Å². The van der Waals surface area contributed by atoms with Gasteiger partial charge in [-0.1, -0.05) is 6.08 Å². The highest BCUT2D eigenvalue weighted by molar-refractivity contribution is 7.16. The van der Waals surface area contributed by atoms with Gasteiger partial charge in [-0.2, -0.15) is 0 Å². The molecule has 32 heavy (non-hydrogen) atoms. The first-order chi connectivity index (χ1) is 15.5. The van der Waals surface area contributed by atoms with Crippen LogP contribution < -0.4 is 10.6 Å². The predicted octanol–water partition coefficient (Wildman–Crippen LogP) is 4.65. The van der Waals surface area contributed by atoms with Gasteiger partial charge in [-0.25, -0.2) is 14.8 Å². The Labute approximate surface area is 191 Å². The fraction of sp³-hybridized carbons (Fsp3) is 0.304. The van der Waals surface area contributed by atoms with Crippen LogP contribution in [0.4, 0.5) is 16.3 Å². The minimum atomic E-state index is -0.0292. The molecule has 0 fully saturated rings. The van der Waals surface area contributed by atoms with Crippen LogP contribution in [0.15, 0.2) is 45.8 Å². The summed E-state index contributed by atoms with van der Waals surface area (Å²) in [6, 6.07) is 8.18. The third-order valence-electron chi connectivity index (χ3n) is 5.28. The van der Waals surface area contributed by atoms with E-state index in [1.807, 2.05) is 42.5 Å². The van der Waals surface area contributed by atoms with Crippen LogP contribution >= 0.6 is 11.3 Å². The van der Waals surface area contributed by atoms with E-state index in [0.29, 0.717) is 24.7 Å². The van der Waals surface area contributed by atoms with Crippen molar-refractivity contribution >= 4 is 57.2 Å². The zero-order chi connectivity index (χ0) is 22.7. The van der Waals surface area contributed by atoms with Gasteiger partial charge in [0.25, 0.3) is 0 Å².